The Morgan fingerprint density at radius 2 is 2.29 bits per heavy atom. The van der Waals surface area contributed by atoms with Gasteiger partial charge in [-0.2, -0.15) is 0 Å². The minimum absolute atomic E-state index is 0.278. The average molecular weight is 209 g/mol. The SMILES string of the molecule is Cc1cc(C#CCCl)ccc1C(=O)O. The Morgan fingerprint density at radius 1 is 1.57 bits per heavy atom. The first kappa shape index (κ1) is 10.6. The van der Waals surface area contributed by atoms with Crippen molar-refractivity contribution >= 4 is 17.6 Å². The van der Waals surface area contributed by atoms with E-state index in [2.05, 4.69) is 11.8 Å². The minimum atomic E-state index is -0.917. The van der Waals surface area contributed by atoms with Gasteiger partial charge in [0.2, 0.25) is 0 Å². The summed E-state index contributed by atoms with van der Waals surface area (Å²) in [5.41, 5.74) is 1.80. The van der Waals surface area contributed by atoms with Crippen LogP contribution in [0.15, 0.2) is 18.2 Å². The van der Waals surface area contributed by atoms with E-state index in [1.807, 2.05) is 0 Å². The van der Waals surface area contributed by atoms with Crippen molar-refractivity contribution in [1.29, 1.82) is 0 Å². The molecule has 0 saturated heterocycles. The zero-order valence-electron chi connectivity index (χ0n) is 7.67. The summed E-state index contributed by atoms with van der Waals surface area (Å²) in [7, 11) is 0. The van der Waals surface area contributed by atoms with Gasteiger partial charge in [-0.3, -0.25) is 0 Å². The van der Waals surface area contributed by atoms with Gasteiger partial charge < -0.3 is 5.11 Å². The Morgan fingerprint density at radius 3 is 2.79 bits per heavy atom. The number of rotatable bonds is 1. The first-order chi connectivity index (χ1) is 6.65. The van der Waals surface area contributed by atoms with E-state index >= 15 is 0 Å². The molecule has 0 aromatic heterocycles. The second kappa shape index (κ2) is 4.69. The first-order valence-electron chi connectivity index (χ1n) is 4.04. The molecule has 0 aliphatic carbocycles. The van der Waals surface area contributed by atoms with Crippen LogP contribution in [0.1, 0.15) is 21.5 Å². The van der Waals surface area contributed by atoms with Crippen molar-refractivity contribution in [2.24, 2.45) is 0 Å². The number of carboxylic acids is 1. The fourth-order valence-corrected chi connectivity index (χ4v) is 1.18. The fourth-order valence-electron chi connectivity index (χ4n) is 1.12. The van der Waals surface area contributed by atoms with Crippen LogP contribution in [0.5, 0.6) is 0 Å². The van der Waals surface area contributed by atoms with Crippen molar-refractivity contribution in [1.82, 2.24) is 0 Å². The summed E-state index contributed by atoms with van der Waals surface area (Å²) in [6, 6.07) is 4.97. The lowest BCUT2D eigenvalue weighted by atomic mass is 10.1. The largest absolute Gasteiger partial charge is 0.478 e. The lowest BCUT2D eigenvalue weighted by molar-refractivity contribution is 0.0696. The van der Waals surface area contributed by atoms with Crippen LogP contribution in [-0.4, -0.2) is 17.0 Å². The monoisotopic (exact) mass is 208 g/mol. The normalized spacial score (nSPS) is 9.00. The number of carbonyl (C=O) groups is 1. The summed E-state index contributed by atoms with van der Waals surface area (Å²) in [6.45, 7) is 1.75. The molecule has 14 heavy (non-hydrogen) atoms. The van der Waals surface area contributed by atoms with E-state index in [0.29, 0.717) is 11.1 Å². The van der Waals surface area contributed by atoms with Crippen LogP contribution in [0, 0.1) is 18.8 Å². The second-order valence-electron chi connectivity index (χ2n) is 2.77. The summed E-state index contributed by atoms with van der Waals surface area (Å²) in [5, 5.41) is 8.78. The highest BCUT2D eigenvalue weighted by Crippen LogP contribution is 2.10. The van der Waals surface area contributed by atoms with Crippen LogP contribution in [0.3, 0.4) is 0 Å². The predicted octanol–water partition coefficient (Wildman–Crippen LogP) is 2.28. The lowest BCUT2D eigenvalue weighted by Gasteiger charge is -1.99. The number of aryl methyl sites for hydroxylation is 1. The fraction of sp³-hybridized carbons (Fsp3) is 0.182. The Balaban J connectivity index is 3.06. The summed E-state index contributed by atoms with van der Waals surface area (Å²) >= 11 is 5.41. The van der Waals surface area contributed by atoms with Gasteiger partial charge in [0.15, 0.2) is 0 Å². The van der Waals surface area contributed by atoms with Gasteiger partial charge in [0.1, 0.15) is 0 Å². The maximum Gasteiger partial charge on any atom is 0.335 e. The van der Waals surface area contributed by atoms with E-state index in [0.717, 1.165) is 5.56 Å². The van der Waals surface area contributed by atoms with Gasteiger partial charge in [0.05, 0.1) is 11.4 Å². The van der Waals surface area contributed by atoms with Crippen LogP contribution in [-0.2, 0) is 0 Å². The molecule has 0 bridgehead atoms. The van der Waals surface area contributed by atoms with E-state index in [-0.39, 0.29) is 5.88 Å². The average Bonchev–Trinajstić information content (AvgIpc) is 2.14. The molecule has 0 atom stereocenters. The van der Waals surface area contributed by atoms with Crippen LogP contribution >= 0.6 is 11.6 Å². The highest BCUT2D eigenvalue weighted by molar-refractivity contribution is 6.19. The lowest BCUT2D eigenvalue weighted by Crippen LogP contribution is -1.99. The van der Waals surface area contributed by atoms with Crippen molar-refractivity contribution in [3.63, 3.8) is 0 Å². The molecule has 0 aliphatic rings. The molecule has 1 aromatic carbocycles. The molecule has 0 spiro atoms. The van der Waals surface area contributed by atoms with Gasteiger partial charge >= 0.3 is 5.97 Å². The van der Waals surface area contributed by atoms with Gasteiger partial charge in [-0.25, -0.2) is 4.79 Å². The van der Waals surface area contributed by atoms with E-state index in [4.69, 9.17) is 16.7 Å². The molecule has 0 amide bonds. The molecule has 3 heteroatoms. The van der Waals surface area contributed by atoms with Crippen LogP contribution in [0.25, 0.3) is 0 Å². The van der Waals surface area contributed by atoms with E-state index in [1.54, 1.807) is 25.1 Å². The minimum Gasteiger partial charge on any atom is -0.478 e. The van der Waals surface area contributed by atoms with Gasteiger partial charge in [0.25, 0.3) is 0 Å². The van der Waals surface area contributed by atoms with Crippen molar-refractivity contribution < 1.29 is 9.90 Å². The standard InChI is InChI=1S/C11H9ClO2/c1-8-7-9(3-2-6-12)4-5-10(8)11(13)14/h4-5,7H,6H2,1H3,(H,13,14). The third-order valence-corrected chi connectivity index (χ3v) is 1.89. The van der Waals surface area contributed by atoms with Gasteiger partial charge in [-0.15, -0.1) is 11.6 Å². The number of carboxylic acid groups (broad SMARTS) is 1. The topological polar surface area (TPSA) is 37.3 Å². The van der Waals surface area contributed by atoms with Crippen LogP contribution in [0.4, 0.5) is 0 Å². The van der Waals surface area contributed by atoms with Crippen LogP contribution in [0.2, 0.25) is 0 Å². The van der Waals surface area contributed by atoms with E-state index in [1.165, 1.54) is 0 Å². The second-order valence-corrected chi connectivity index (χ2v) is 3.04. The molecule has 0 heterocycles. The quantitative estimate of drug-likeness (QED) is 0.568. The summed E-state index contributed by atoms with van der Waals surface area (Å²) < 4.78 is 0. The zero-order chi connectivity index (χ0) is 10.6. The zero-order valence-corrected chi connectivity index (χ0v) is 8.43. The maximum atomic E-state index is 10.7. The van der Waals surface area contributed by atoms with Gasteiger partial charge in [-0.1, -0.05) is 11.8 Å². The summed E-state index contributed by atoms with van der Waals surface area (Å²) in [5.74, 6) is 4.90. The van der Waals surface area contributed by atoms with Crippen molar-refractivity contribution in [2.75, 3.05) is 5.88 Å². The van der Waals surface area contributed by atoms with Gasteiger partial charge in [-0.05, 0) is 30.7 Å². The smallest absolute Gasteiger partial charge is 0.335 e. The third kappa shape index (κ3) is 2.51. The summed E-state index contributed by atoms with van der Waals surface area (Å²) in [4.78, 5) is 10.7. The number of aromatic carboxylic acids is 1. The number of halogens is 1. The Hall–Kier alpha value is -1.46. The molecule has 72 valence electrons. The molecule has 2 nitrogen and oxygen atoms in total. The highest BCUT2D eigenvalue weighted by Gasteiger charge is 2.05. The number of hydrogen-bond donors (Lipinski definition) is 1. The molecule has 0 aliphatic heterocycles. The van der Waals surface area contributed by atoms with Crippen molar-refractivity contribution in [3.05, 3.63) is 34.9 Å². The summed E-state index contributed by atoms with van der Waals surface area (Å²) in [6.07, 6.45) is 0. The number of alkyl halides is 1. The molecular formula is C11H9ClO2. The first-order valence-corrected chi connectivity index (χ1v) is 4.57. The molecular weight excluding hydrogens is 200 g/mol. The van der Waals surface area contributed by atoms with E-state index < -0.39 is 5.97 Å². The van der Waals surface area contributed by atoms with Crippen molar-refractivity contribution in [2.45, 2.75) is 6.92 Å². The van der Waals surface area contributed by atoms with E-state index in [9.17, 15) is 4.79 Å². The number of benzene rings is 1. The molecule has 0 unspecified atom stereocenters. The van der Waals surface area contributed by atoms with Crippen molar-refractivity contribution in [3.8, 4) is 11.8 Å². The molecule has 0 radical (unpaired) electrons. The Kier molecular flexibility index (Phi) is 3.55. The highest BCUT2D eigenvalue weighted by atomic mass is 35.5. The molecule has 1 N–H and O–H groups in total. The van der Waals surface area contributed by atoms with Gasteiger partial charge in [0, 0.05) is 5.56 Å². The van der Waals surface area contributed by atoms with Crippen LogP contribution < -0.4 is 0 Å². The predicted molar refractivity (Wildman–Crippen MR) is 55.7 cm³/mol. The Bertz CT molecular complexity index is 413. The Labute approximate surface area is 87.5 Å². The maximum absolute atomic E-state index is 10.7. The molecule has 0 fully saturated rings. The molecule has 1 rings (SSSR count). The molecule has 1 aromatic rings. The third-order valence-electron chi connectivity index (χ3n) is 1.76. The number of hydrogen-bond acceptors (Lipinski definition) is 1. The molecule has 0 saturated carbocycles.